The Morgan fingerprint density at radius 1 is 1.18 bits per heavy atom. The van der Waals surface area contributed by atoms with Gasteiger partial charge in [-0.3, -0.25) is 9.69 Å². The number of nitrogens with zero attached hydrogens (tertiary/aromatic N) is 5. The van der Waals surface area contributed by atoms with Crippen molar-refractivity contribution in [2.45, 2.75) is 52.0 Å². The quantitative estimate of drug-likeness (QED) is 0.776. The zero-order valence-electron chi connectivity index (χ0n) is 17.2. The number of hydrogen-bond donors (Lipinski definition) is 1. The molecule has 1 saturated carbocycles. The van der Waals surface area contributed by atoms with Gasteiger partial charge in [0, 0.05) is 43.9 Å². The number of anilines is 1. The highest BCUT2D eigenvalue weighted by Crippen LogP contribution is 2.42. The highest BCUT2D eigenvalue weighted by Gasteiger charge is 2.56. The molecule has 8 nitrogen and oxygen atoms in total. The van der Waals surface area contributed by atoms with E-state index in [1.54, 1.807) is 0 Å². The van der Waals surface area contributed by atoms with E-state index in [9.17, 15) is 9.59 Å². The number of carbonyl (C=O) groups is 2. The van der Waals surface area contributed by atoms with Gasteiger partial charge in [0.1, 0.15) is 17.2 Å². The van der Waals surface area contributed by atoms with Crippen molar-refractivity contribution in [3.63, 3.8) is 0 Å². The van der Waals surface area contributed by atoms with Crippen molar-refractivity contribution in [1.29, 1.82) is 0 Å². The van der Waals surface area contributed by atoms with Gasteiger partial charge >= 0.3 is 6.03 Å². The zero-order chi connectivity index (χ0) is 20.1. The van der Waals surface area contributed by atoms with E-state index < -0.39 is 5.54 Å². The minimum atomic E-state index is -0.704. The van der Waals surface area contributed by atoms with E-state index in [2.05, 4.69) is 33.9 Å². The number of hydrogen-bond acceptors (Lipinski definition) is 6. The molecule has 3 fully saturated rings. The largest absolute Gasteiger partial charge is 0.354 e. The molecule has 0 bridgehead atoms. The maximum Gasteiger partial charge on any atom is 0.326 e. The molecule has 1 unspecified atom stereocenters. The zero-order valence-corrected chi connectivity index (χ0v) is 17.2. The van der Waals surface area contributed by atoms with Gasteiger partial charge in [0.05, 0.1) is 6.67 Å². The summed E-state index contributed by atoms with van der Waals surface area (Å²) >= 11 is 0. The molecule has 1 N–H and O–H groups in total. The molecular formula is C20H30N6O2. The molecule has 1 aliphatic carbocycles. The molecule has 3 amide bonds. The molecule has 152 valence electrons. The number of imide groups is 1. The van der Waals surface area contributed by atoms with Gasteiger partial charge in [-0.25, -0.2) is 19.7 Å². The number of carbonyl (C=O) groups excluding carboxylic acids is 2. The monoisotopic (exact) mass is 386 g/mol. The Balaban J connectivity index is 1.37. The molecule has 28 heavy (non-hydrogen) atoms. The molecule has 3 aliphatic rings. The van der Waals surface area contributed by atoms with Crippen LogP contribution < -0.4 is 10.2 Å². The summed E-state index contributed by atoms with van der Waals surface area (Å²) in [5, 5.41) is 2.92. The molecule has 4 rings (SSSR count). The molecule has 0 aromatic carbocycles. The third-order valence-electron chi connectivity index (χ3n) is 6.11. The molecule has 0 radical (unpaired) electrons. The van der Waals surface area contributed by atoms with Gasteiger partial charge in [-0.15, -0.1) is 0 Å². The van der Waals surface area contributed by atoms with E-state index in [1.807, 2.05) is 19.9 Å². The van der Waals surface area contributed by atoms with E-state index in [0.717, 1.165) is 56.4 Å². The summed E-state index contributed by atoms with van der Waals surface area (Å²) in [4.78, 5) is 40.2. The minimum Gasteiger partial charge on any atom is -0.354 e. The average Bonchev–Trinajstić information content (AvgIpc) is 3.48. The topological polar surface area (TPSA) is 81.7 Å². The van der Waals surface area contributed by atoms with Gasteiger partial charge in [-0.1, -0.05) is 13.8 Å². The first kappa shape index (κ1) is 19.1. The summed E-state index contributed by atoms with van der Waals surface area (Å²) < 4.78 is 0. The maximum atomic E-state index is 12.8. The Hall–Kier alpha value is -2.22. The average molecular weight is 387 g/mol. The highest BCUT2D eigenvalue weighted by atomic mass is 16.2. The Labute approximate surface area is 166 Å². The molecule has 8 heteroatoms. The molecular weight excluding hydrogens is 356 g/mol. The first-order valence-electron chi connectivity index (χ1n) is 10.2. The van der Waals surface area contributed by atoms with E-state index >= 15 is 0 Å². The molecule has 1 atom stereocenters. The molecule has 2 saturated heterocycles. The smallest absolute Gasteiger partial charge is 0.326 e. The third-order valence-corrected chi connectivity index (χ3v) is 6.11. The number of aryl methyl sites for hydroxylation is 1. The van der Waals surface area contributed by atoms with E-state index in [-0.39, 0.29) is 11.9 Å². The standard InChI is InChI=1S/C20H30N6O2/c1-13(2)17-21-14(3)11-16(22-17)25-9-7-24(8-10-25)12-26-18(27)20(4,15-5-6-15)23-19(26)28/h11,13,15H,5-10,12H2,1-4H3,(H,23,28). The first-order chi connectivity index (χ1) is 13.3. The third kappa shape index (κ3) is 3.45. The fraction of sp³-hybridized carbons (Fsp3) is 0.700. The first-order valence-corrected chi connectivity index (χ1v) is 10.2. The van der Waals surface area contributed by atoms with Gasteiger partial charge < -0.3 is 10.2 Å². The summed E-state index contributed by atoms with van der Waals surface area (Å²) in [6.07, 6.45) is 2.04. The minimum absolute atomic E-state index is 0.0737. The van der Waals surface area contributed by atoms with Crippen molar-refractivity contribution < 1.29 is 9.59 Å². The lowest BCUT2D eigenvalue weighted by molar-refractivity contribution is -0.133. The van der Waals surface area contributed by atoms with Crippen LogP contribution in [0.3, 0.4) is 0 Å². The lowest BCUT2D eigenvalue weighted by atomic mass is 9.96. The fourth-order valence-corrected chi connectivity index (χ4v) is 4.09. The normalized spacial score (nSPS) is 26.3. The second-order valence-corrected chi connectivity index (χ2v) is 8.77. The Kier molecular flexibility index (Phi) is 4.77. The second kappa shape index (κ2) is 6.99. The summed E-state index contributed by atoms with van der Waals surface area (Å²) in [5.41, 5.74) is 0.278. The predicted molar refractivity (Wildman–Crippen MR) is 106 cm³/mol. The van der Waals surface area contributed by atoms with Crippen molar-refractivity contribution in [1.82, 2.24) is 25.1 Å². The van der Waals surface area contributed by atoms with Gasteiger partial charge in [-0.05, 0) is 32.6 Å². The number of amides is 3. The second-order valence-electron chi connectivity index (χ2n) is 8.77. The van der Waals surface area contributed by atoms with Crippen LogP contribution in [-0.2, 0) is 4.79 Å². The van der Waals surface area contributed by atoms with Crippen LogP contribution in [0, 0.1) is 12.8 Å². The van der Waals surface area contributed by atoms with Crippen molar-refractivity contribution in [3.05, 3.63) is 17.6 Å². The van der Waals surface area contributed by atoms with Gasteiger partial charge in [0.2, 0.25) is 0 Å². The van der Waals surface area contributed by atoms with Crippen LogP contribution >= 0.6 is 0 Å². The molecule has 1 aromatic heterocycles. The Morgan fingerprint density at radius 2 is 1.86 bits per heavy atom. The van der Waals surface area contributed by atoms with Gasteiger partial charge in [-0.2, -0.15) is 0 Å². The van der Waals surface area contributed by atoms with Crippen LogP contribution in [0.4, 0.5) is 10.6 Å². The number of aromatic nitrogens is 2. The number of rotatable bonds is 5. The van der Waals surface area contributed by atoms with Crippen molar-refractivity contribution >= 4 is 17.8 Å². The number of piperazine rings is 1. The summed E-state index contributed by atoms with van der Waals surface area (Å²) in [7, 11) is 0. The SMILES string of the molecule is Cc1cc(N2CCN(CN3C(=O)NC(C)(C4CC4)C3=O)CC2)nc(C(C)C)n1. The number of urea groups is 1. The van der Waals surface area contributed by atoms with Crippen LogP contribution in [0.2, 0.25) is 0 Å². The van der Waals surface area contributed by atoms with Crippen molar-refractivity contribution in [2.75, 3.05) is 37.7 Å². The molecule has 3 heterocycles. The van der Waals surface area contributed by atoms with Gasteiger partial charge in [0.25, 0.3) is 5.91 Å². The predicted octanol–water partition coefficient (Wildman–Crippen LogP) is 1.71. The van der Waals surface area contributed by atoms with Crippen molar-refractivity contribution in [2.24, 2.45) is 5.92 Å². The fourth-order valence-electron chi connectivity index (χ4n) is 4.09. The Morgan fingerprint density at radius 3 is 2.46 bits per heavy atom. The molecule has 2 aliphatic heterocycles. The van der Waals surface area contributed by atoms with E-state index in [4.69, 9.17) is 4.98 Å². The lowest BCUT2D eigenvalue weighted by Crippen LogP contribution is -2.52. The van der Waals surface area contributed by atoms with Crippen LogP contribution in [0.25, 0.3) is 0 Å². The highest BCUT2D eigenvalue weighted by molar-refractivity contribution is 6.07. The molecule has 0 spiro atoms. The number of nitrogens with one attached hydrogen (secondary N) is 1. The summed E-state index contributed by atoms with van der Waals surface area (Å²) in [6, 6.07) is 1.77. The molecule has 1 aromatic rings. The maximum absolute atomic E-state index is 12.8. The van der Waals surface area contributed by atoms with Crippen LogP contribution in [0.5, 0.6) is 0 Å². The lowest BCUT2D eigenvalue weighted by Gasteiger charge is -2.36. The van der Waals surface area contributed by atoms with Crippen molar-refractivity contribution in [3.8, 4) is 0 Å². The Bertz CT molecular complexity index is 785. The summed E-state index contributed by atoms with van der Waals surface area (Å²) in [5.74, 6) is 2.35. The van der Waals surface area contributed by atoms with Crippen LogP contribution in [0.1, 0.15) is 51.0 Å². The van der Waals surface area contributed by atoms with Crippen LogP contribution in [-0.4, -0.2) is 70.1 Å². The summed E-state index contributed by atoms with van der Waals surface area (Å²) in [6.45, 7) is 11.6. The van der Waals surface area contributed by atoms with E-state index in [0.29, 0.717) is 18.5 Å². The van der Waals surface area contributed by atoms with Gasteiger partial charge in [0.15, 0.2) is 0 Å². The van der Waals surface area contributed by atoms with Crippen LogP contribution in [0.15, 0.2) is 6.07 Å². The van der Waals surface area contributed by atoms with E-state index in [1.165, 1.54) is 4.90 Å².